The molecule has 0 saturated carbocycles. The largest absolute Gasteiger partial charge is 0.480 e. The van der Waals surface area contributed by atoms with Gasteiger partial charge in [-0.2, -0.15) is 5.26 Å². The van der Waals surface area contributed by atoms with Crippen LogP contribution in [0.15, 0.2) is 30.3 Å². The Hall–Kier alpha value is -3.30. The molecule has 1 aromatic heterocycles. The summed E-state index contributed by atoms with van der Waals surface area (Å²) in [4.78, 5) is 18.3. The number of carboxylic acids is 1. The molecule has 3 aromatic rings. The van der Waals surface area contributed by atoms with E-state index in [-0.39, 0.29) is 10.8 Å². The number of halogens is 1. The number of allylic oxidation sites excluding steroid dienone is 1. The average molecular weight is 382 g/mol. The number of ether oxygens (including phenoxy) is 1. The number of imidazole rings is 1. The Morgan fingerprint density at radius 3 is 2.74 bits per heavy atom. The van der Waals surface area contributed by atoms with E-state index in [1.165, 1.54) is 0 Å². The minimum Gasteiger partial charge on any atom is -0.480 e. The maximum absolute atomic E-state index is 10.6. The maximum Gasteiger partial charge on any atom is 0.341 e. The number of aromatic amines is 1. The number of nitriles is 1. The molecule has 0 atom stereocenters. The van der Waals surface area contributed by atoms with Crippen molar-refractivity contribution < 1.29 is 14.6 Å². The molecule has 0 aliphatic carbocycles. The lowest BCUT2D eigenvalue weighted by molar-refractivity contribution is -0.139. The van der Waals surface area contributed by atoms with Crippen molar-refractivity contribution >= 4 is 40.3 Å². The Balaban J connectivity index is 1.93. The number of nitrogens with zero attached hydrogens (tertiary/aromatic N) is 2. The SMILES string of the molecule is Cc1cc2nc(/C(C#N)=C\c3ccc(OCC(=O)O)c(Cl)c3)[nH]c2cc1C. The fourth-order valence-corrected chi connectivity index (χ4v) is 2.82. The number of hydrogen-bond donors (Lipinski definition) is 2. The van der Waals surface area contributed by atoms with Crippen molar-refractivity contribution in [3.05, 3.63) is 57.9 Å². The summed E-state index contributed by atoms with van der Waals surface area (Å²) in [5, 5.41) is 18.5. The van der Waals surface area contributed by atoms with Crippen molar-refractivity contribution in [2.75, 3.05) is 6.61 Å². The highest BCUT2D eigenvalue weighted by Gasteiger charge is 2.10. The van der Waals surface area contributed by atoms with Crippen molar-refractivity contribution in [1.82, 2.24) is 9.97 Å². The first-order chi connectivity index (χ1) is 12.9. The molecule has 3 rings (SSSR count). The van der Waals surface area contributed by atoms with Gasteiger partial charge in [0.15, 0.2) is 6.61 Å². The van der Waals surface area contributed by atoms with Crippen LogP contribution in [-0.2, 0) is 4.79 Å². The van der Waals surface area contributed by atoms with Crippen molar-refractivity contribution in [3.63, 3.8) is 0 Å². The molecule has 0 bridgehead atoms. The maximum atomic E-state index is 10.6. The molecule has 1 heterocycles. The molecule has 27 heavy (non-hydrogen) atoms. The fourth-order valence-electron chi connectivity index (χ4n) is 2.58. The lowest BCUT2D eigenvalue weighted by atomic mass is 10.1. The molecule has 7 heteroatoms. The van der Waals surface area contributed by atoms with Crippen molar-refractivity contribution in [1.29, 1.82) is 5.26 Å². The lowest BCUT2D eigenvalue weighted by Crippen LogP contribution is -2.09. The van der Waals surface area contributed by atoms with Crippen molar-refractivity contribution in [2.24, 2.45) is 0 Å². The summed E-state index contributed by atoms with van der Waals surface area (Å²) >= 11 is 6.13. The predicted molar refractivity (Wildman–Crippen MR) is 104 cm³/mol. The molecule has 6 nitrogen and oxygen atoms in total. The van der Waals surface area contributed by atoms with Crippen LogP contribution in [0.3, 0.4) is 0 Å². The normalized spacial score (nSPS) is 11.4. The number of carbonyl (C=O) groups is 1. The summed E-state index contributed by atoms with van der Waals surface area (Å²) in [6, 6.07) is 11.0. The van der Waals surface area contributed by atoms with Gasteiger partial charge in [-0.15, -0.1) is 0 Å². The van der Waals surface area contributed by atoms with Crippen LogP contribution in [0.4, 0.5) is 0 Å². The van der Waals surface area contributed by atoms with Crippen LogP contribution in [0.2, 0.25) is 5.02 Å². The highest BCUT2D eigenvalue weighted by Crippen LogP contribution is 2.28. The fraction of sp³-hybridized carbons (Fsp3) is 0.150. The van der Waals surface area contributed by atoms with Crippen LogP contribution >= 0.6 is 11.6 Å². The topological polar surface area (TPSA) is 99.0 Å². The summed E-state index contributed by atoms with van der Waals surface area (Å²) in [7, 11) is 0. The molecular formula is C20H16ClN3O3. The van der Waals surface area contributed by atoms with Crippen LogP contribution in [0.25, 0.3) is 22.7 Å². The standard InChI is InChI=1S/C20H16ClN3O3/c1-11-5-16-17(6-12(11)2)24-20(23-16)14(9-22)7-13-3-4-18(15(21)8-13)27-10-19(25)26/h3-8H,10H2,1-2H3,(H,23,24)(H,25,26)/b14-7-. The highest BCUT2D eigenvalue weighted by atomic mass is 35.5. The van der Waals surface area contributed by atoms with Crippen LogP contribution in [0.5, 0.6) is 5.75 Å². The molecule has 0 aliphatic rings. The third-order valence-corrected chi connectivity index (χ3v) is 4.39. The summed E-state index contributed by atoms with van der Waals surface area (Å²) in [5.74, 6) is -0.346. The number of fused-ring (bicyclic) bond motifs is 1. The molecule has 2 aromatic carbocycles. The Morgan fingerprint density at radius 1 is 1.33 bits per heavy atom. The molecule has 0 saturated heterocycles. The van der Waals surface area contributed by atoms with Gasteiger partial charge in [0.2, 0.25) is 0 Å². The van der Waals surface area contributed by atoms with Gasteiger partial charge in [0.25, 0.3) is 0 Å². The molecule has 0 amide bonds. The number of benzene rings is 2. The number of aromatic nitrogens is 2. The summed E-state index contributed by atoms with van der Waals surface area (Å²) in [5.41, 5.74) is 4.97. The molecule has 0 radical (unpaired) electrons. The number of aliphatic carboxylic acids is 1. The van der Waals surface area contributed by atoms with E-state index >= 15 is 0 Å². The Bertz CT molecular complexity index is 1070. The van der Waals surface area contributed by atoms with E-state index in [1.54, 1.807) is 24.3 Å². The second-order valence-corrected chi connectivity index (χ2v) is 6.49. The van der Waals surface area contributed by atoms with Crippen molar-refractivity contribution in [2.45, 2.75) is 13.8 Å². The van der Waals surface area contributed by atoms with Gasteiger partial charge in [0.05, 0.1) is 21.6 Å². The Morgan fingerprint density at radius 2 is 2.07 bits per heavy atom. The summed E-state index contributed by atoms with van der Waals surface area (Å²) < 4.78 is 5.10. The monoisotopic (exact) mass is 381 g/mol. The van der Waals surface area contributed by atoms with Gasteiger partial charge in [-0.25, -0.2) is 9.78 Å². The Kier molecular flexibility index (Phi) is 5.15. The first-order valence-corrected chi connectivity index (χ1v) is 8.48. The zero-order chi connectivity index (χ0) is 19.6. The summed E-state index contributed by atoms with van der Waals surface area (Å²) in [6.45, 7) is 3.56. The minimum absolute atomic E-state index is 0.262. The van der Waals surface area contributed by atoms with E-state index in [0.717, 1.165) is 22.2 Å². The van der Waals surface area contributed by atoms with Gasteiger partial charge in [-0.3, -0.25) is 0 Å². The number of rotatable bonds is 5. The zero-order valence-electron chi connectivity index (χ0n) is 14.7. The van der Waals surface area contributed by atoms with Crippen LogP contribution < -0.4 is 4.74 Å². The smallest absolute Gasteiger partial charge is 0.341 e. The lowest BCUT2D eigenvalue weighted by Gasteiger charge is -2.06. The van der Waals surface area contributed by atoms with Crippen LogP contribution in [-0.4, -0.2) is 27.7 Å². The Labute approximate surface area is 160 Å². The van der Waals surface area contributed by atoms with Gasteiger partial charge in [-0.05, 0) is 60.9 Å². The number of carboxylic acid groups (broad SMARTS) is 1. The van der Waals surface area contributed by atoms with E-state index in [1.807, 2.05) is 26.0 Å². The molecule has 136 valence electrons. The quantitative estimate of drug-likeness (QED) is 0.639. The third kappa shape index (κ3) is 4.10. The summed E-state index contributed by atoms with van der Waals surface area (Å²) in [6.07, 6.45) is 1.66. The number of nitrogens with one attached hydrogen (secondary N) is 1. The van der Waals surface area contributed by atoms with Gasteiger partial charge < -0.3 is 14.8 Å². The second kappa shape index (κ2) is 7.52. The van der Waals surface area contributed by atoms with E-state index in [0.29, 0.717) is 17.0 Å². The van der Waals surface area contributed by atoms with Gasteiger partial charge in [0, 0.05) is 0 Å². The van der Waals surface area contributed by atoms with E-state index in [9.17, 15) is 10.1 Å². The minimum atomic E-state index is -1.09. The van der Waals surface area contributed by atoms with Gasteiger partial charge >= 0.3 is 5.97 Å². The van der Waals surface area contributed by atoms with Gasteiger partial charge in [-0.1, -0.05) is 17.7 Å². The first-order valence-electron chi connectivity index (χ1n) is 8.10. The molecule has 2 N–H and O–H groups in total. The first kappa shape index (κ1) is 18.5. The van der Waals surface area contributed by atoms with E-state index < -0.39 is 12.6 Å². The molecule has 0 aliphatic heterocycles. The van der Waals surface area contributed by atoms with E-state index in [2.05, 4.69) is 16.0 Å². The molecule has 0 unspecified atom stereocenters. The third-order valence-electron chi connectivity index (χ3n) is 4.09. The number of hydrogen-bond acceptors (Lipinski definition) is 4. The average Bonchev–Trinajstić information content (AvgIpc) is 3.01. The van der Waals surface area contributed by atoms with Gasteiger partial charge in [0.1, 0.15) is 17.6 Å². The number of aryl methyl sites for hydroxylation is 2. The van der Waals surface area contributed by atoms with Crippen LogP contribution in [0.1, 0.15) is 22.5 Å². The van der Waals surface area contributed by atoms with Crippen LogP contribution in [0, 0.1) is 25.2 Å². The molecular weight excluding hydrogens is 366 g/mol. The highest BCUT2D eigenvalue weighted by molar-refractivity contribution is 6.32. The number of H-pyrrole nitrogens is 1. The van der Waals surface area contributed by atoms with Crippen molar-refractivity contribution in [3.8, 4) is 11.8 Å². The second-order valence-electron chi connectivity index (χ2n) is 6.08. The zero-order valence-corrected chi connectivity index (χ0v) is 15.5. The predicted octanol–water partition coefficient (Wildman–Crippen LogP) is 4.36. The van der Waals surface area contributed by atoms with E-state index in [4.69, 9.17) is 21.4 Å². The molecule has 0 spiro atoms. The molecule has 0 fully saturated rings.